The summed E-state index contributed by atoms with van der Waals surface area (Å²) < 4.78 is 0. The van der Waals surface area contributed by atoms with Crippen LogP contribution >= 0.6 is 0 Å². The molecule has 2 radical (unpaired) electrons. The Morgan fingerprint density at radius 2 is 0.530 bits per heavy atom. The Bertz CT molecular complexity index is 1670. The monoisotopic (exact) mass is 1010 g/mol. The van der Waals surface area contributed by atoms with E-state index in [0.29, 0.717) is 0 Å². The summed E-state index contributed by atoms with van der Waals surface area (Å²) in [5.74, 6) is -2.92. The van der Waals surface area contributed by atoms with Crippen LogP contribution in [-0.2, 0) is 34.1 Å². The van der Waals surface area contributed by atoms with Gasteiger partial charge in [0.2, 0.25) is 0 Å². The van der Waals surface area contributed by atoms with Crippen LogP contribution in [-0.4, -0.2) is 125 Å². The zero-order chi connectivity index (χ0) is 50.6. The van der Waals surface area contributed by atoms with E-state index in [1.807, 2.05) is 0 Å². The number of carbonyl (C=O) groups excluding carboxylic acids is 4. The number of ketones is 4. The average molecular weight is 1020 g/mol. The van der Waals surface area contributed by atoms with E-state index in [2.05, 4.69) is 76.0 Å². The van der Waals surface area contributed by atoms with Crippen LogP contribution in [0.1, 0.15) is 125 Å². The minimum absolute atomic E-state index is 0. The standard InChI is InChI=1S/2C20H26O4.2C6H16N2.2Cu/c2*1-19(2,3)17(23)11-15(21)13-8-7-9-14(10-13)16(22)12-18(24)20(4,5)6;2*1-7(2)5-6-8(3)4;;/h2*7-12,23-24H,1-6H3;2*5-6H2,1-4H3;;/q;;;;2*+2/p-4/b2*17-11-,18-12-;;;;. The van der Waals surface area contributed by atoms with Crippen molar-refractivity contribution in [1.29, 1.82) is 0 Å². The SMILES string of the molecule is CC(C)(C)/C([O-])=C/C(=O)c1cccc(C(=O)/C=C(\[O-])C(C)(C)C)c1.CC(C)(C)/C([O-])=C/C(=O)c1cccc(C(=O)/C=C(\[O-])C(C)(C)C)c1.CN(C)CCN(C)C.CN(C)CCN(C)C.[Cu+2].[Cu+2]. The summed E-state index contributed by atoms with van der Waals surface area (Å²) >= 11 is 0. The summed E-state index contributed by atoms with van der Waals surface area (Å²) in [5.41, 5.74) is -1.59. The molecule has 0 bridgehead atoms. The molecule has 0 aliphatic heterocycles. The third-order valence-corrected chi connectivity index (χ3v) is 8.86. The third-order valence-electron chi connectivity index (χ3n) is 8.86. The molecule has 0 atom stereocenters. The van der Waals surface area contributed by atoms with Gasteiger partial charge in [-0.15, -0.1) is 23.0 Å². The van der Waals surface area contributed by atoms with E-state index >= 15 is 0 Å². The molecular weight excluding hydrogens is 936 g/mol. The minimum atomic E-state index is -0.643. The van der Waals surface area contributed by atoms with Crippen molar-refractivity contribution in [1.82, 2.24) is 19.6 Å². The third kappa shape index (κ3) is 31.2. The Morgan fingerprint density at radius 1 is 0.379 bits per heavy atom. The van der Waals surface area contributed by atoms with Crippen LogP contribution in [0.5, 0.6) is 0 Å². The van der Waals surface area contributed by atoms with Crippen LogP contribution in [0.25, 0.3) is 0 Å². The molecule has 0 spiro atoms. The maximum absolute atomic E-state index is 12.2. The van der Waals surface area contributed by atoms with Gasteiger partial charge in [-0.2, -0.15) is 0 Å². The first kappa shape index (κ1) is 68.7. The fraction of sp³-hybridized carbons (Fsp3) is 0.538. The predicted molar refractivity (Wildman–Crippen MR) is 255 cm³/mol. The van der Waals surface area contributed by atoms with Gasteiger partial charge in [0.1, 0.15) is 0 Å². The van der Waals surface area contributed by atoms with Gasteiger partial charge in [-0.25, -0.2) is 0 Å². The number of likely N-dealkylation sites (N-methyl/N-ethyl adjacent to an activating group) is 4. The molecular formula is C52H80Cu2N4O8. The summed E-state index contributed by atoms with van der Waals surface area (Å²) in [5, 5.41) is 47.7. The first-order valence-electron chi connectivity index (χ1n) is 21.4. The van der Waals surface area contributed by atoms with E-state index in [1.54, 1.807) is 95.2 Å². The fourth-order valence-corrected chi connectivity index (χ4v) is 4.13. The van der Waals surface area contributed by atoms with Gasteiger partial charge in [0.25, 0.3) is 0 Å². The molecule has 2 aromatic carbocycles. The molecule has 0 amide bonds. The quantitative estimate of drug-likeness (QED) is 0.101. The van der Waals surface area contributed by atoms with E-state index in [-0.39, 0.29) is 79.4 Å². The average Bonchev–Trinajstić information content (AvgIpc) is 3.15. The molecule has 0 heterocycles. The second kappa shape index (κ2) is 31.3. The molecule has 378 valence electrons. The normalized spacial score (nSPS) is 12.7. The summed E-state index contributed by atoms with van der Waals surface area (Å²) in [6, 6.07) is 12.1. The Labute approximate surface area is 419 Å². The second-order valence-corrected chi connectivity index (χ2v) is 20.9. The van der Waals surface area contributed by atoms with Crippen LogP contribution < -0.4 is 20.4 Å². The number of hydrogen-bond acceptors (Lipinski definition) is 12. The van der Waals surface area contributed by atoms with Crippen molar-refractivity contribution in [2.75, 3.05) is 82.6 Å². The molecule has 0 fully saturated rings. The molecule has 66 heavy (non-hydrogen) atoms. The number of carbonyl (C=O) groups is 4. The fourth-order valence-electron chi connectivity index (χ4n) is 4.13. The van der Waals surface area contributed by atoms with E-state index in [1.165, 1.54) is 36.4 Å². The molecule has 0 saturated carbocycles. The molecule has 0 aromatic heterocycles. The first-order chi connectivity index (χ1) is 28.9. The summed E-state index contributed by atoms with van der Waals surface area (Å²) in [7, 11) is 16.7. The van der Waals surface area contributed by atoms with Crippen LogP contribution in [0.2, 0.25) is 0 Å². The zero-order valence-corrected chi connectivity index (χ0v) is 45.3. The first-order valence-corrected chi connectivity index (χ1v) is 21.4. The zero-order valence-electron chi connectivity index (χ0n) is 43.4. The van der Waals surface area contributed by atoms with Gasteiger partial charge in [0, 0.05) is 48.4 Å². The predicted octanol–water partition coefficient (Wildman–Crippen LogP) is 5.48. The second-order valence-electron chi connectivity index (χ2n) is 20.9. The molecule has 12 nitrogen and oxygen atoms in total. The van der Waals surface area contributed by atoms with Gasteiger partial charge in [-0.1, -0.05) is 119 Å². The summed E-state index contributed by atoms with van der Waals surface area (Å²) in [6.07, 6.45) is 4.20. The Kier molecular flexibility index (Phi) is 32.5. The number of nitrogens with zero attached hydrogens (tertiary/aromatic N) is 4. The van der Waals surface area contributed by atoms with Gasteiger partial charge >= 0.3 is 34.1 Å². The molecule has 0 saturated heterocycles. The Hall–Kier alpha value is -3.84. The van der Waals surface area contributed by atoms with Gasteiger partial charge in [0.15, 0.2) is 23.1 Å². The van der Waals surface area contributed by atoms with E-state index in [0.717, 1.165) is 50.5 Å². The Balaban J connectivity index is -0.000000429. The van der Waals surface area contributed by atoms with Gasteiger partial charge in [0.05, 0.1) is 0 Å². The number of benzene rings is 2. The topological polar surface area (TPSA) is 173 Å². The minimum Gasteiger partial charge on any atom is -0.875 e. The van der Waals surface area contributed by atoms with Crippen molar-refractivity contribution in [3.8, 4) is 0 Å². The molecule has 2 rings (SSSR count). The molecule has 0 aliphatic carbocycles. The molecule has 2 aromatic rings. The smallest absolute Gasteiger partial charge is 0.875 e. The number of allylic oxidation sites excluding steroid dienone is 8. The summed E-state index contributed by atoms with van der Waals surface area (Å²) in [4.78, 5) is 57.5. The molecule has 0 unspecified atom stereocenters. The van der Waals surface area contributed by atoms with Crippen molar-refractivity contribution in [2.45, 2.75) is 83.1 Å². The molecule has 14 heteroatoms. The maximum atomic E-state index is 12.2. The van der Waals surface area contributed by atoms with E-state index in [9.17, 15) is 39.6 Å². The van der Waals surface area contributed by atoms with Crippen LogP contribution in [0.4, 0.5) is 0 Å². The van der Waals surface area contributed by atoms with Crippen molar-refractivity contribution >= 4 is 23.1 Å². The van der Waals surface area contributed by atoms with Crippen molar-refractivity contribution in [3.63, 3.8) is 0 Å². The van der Waals surface area contributed by atoms with Crippen LogP contribution in [0.15, 0.2) is 95.9 Å². The van der Waals surface area contributed by atoms with E-state index < -0.39 is 44.8 Å². The van der Waals surface area contributed by atoms with Gasteiger partial charge < -0.3 is 40.0 Å². The van der Waals surface area contributed by atoms with Crippen LogP contribution in [0.3, 0.4) is 0 Å². The van der Waals surface area contributed by atoms with Crippen molar-refractivity contribution < 1.29 is 73.7 Å². The molecule has 0 aliphatic rings. The molecule has 0 N–H and O–H groups in total. The van der Waals surface area contributed by atoms with Crippen molar-refractivity contribution in [2.24, 2.45) is 21.7 Å². The van der Waals surface area contributed by atoms with Gasteiger partial charge in [-0.05, 0) is 114 Å². The van der Waals surface area contributed by atoms with Crippen molar-refractivity contribution in [3.05, 3.63) is 118 Å². The van der Waals surface area contributed by atoms with E-state index in [4.69, 9.17) is 0 Å². The maximum Gasteiger partial charge on any atom is 2.00 e. The number of hydrogen-bond donors (Lipinski definition) is 0. The largest absolute Gasteiger partial charge is 2.00 e. The van der Waals surface area contributed by atoms with Crippen LogP contribution in [0, 0.1) is 21.7 Å². The van der Waals surface area contributed by atoms with Gasteiger partial charge in [-0.3, -0.25) is 19.2 Å². The Morgan fingerprint density at radius 3 is 0.652 bits per heavy atom. The number of rotatable bonds is 14. The summed E-state index contributed by atoms with van der Waals surface area (Å²) in [6.45, 7) is 25.3.